The van der Waals surface area contributed by atoms with Crippen molar-refractivity contribution in [2.24, 2.45) is 10.7 Å². The monoisotopic (exact) mass is 376 g/mol. The molecular formula is C22H28N6. The highest BCUT2D eigenvalue weighted by atomic mass is 15.1. The third-order valence-corrected chi connectivity index (χ3v) is 4.70. The van der Waals surface area contributed by atoms with Gasteiger partial charge < -0.3 is 16.0 Å². The van der Waals surface area contributed by atoms with Gasteiger partial charge in [-0.2, -0.15) is 0 Å². The molecule has 28 heavy (non-hydrogen) atoms. The maximum Gasteiger partial charge on any atom is 0.188 e. The Bertz CT molecular complexity index is 841. The Labute approximate surface area is 166 Å². The average molecular weight is 377 g/mol. The van der Waals surface area contributed by atoms with E-state index in [2.05, 4.69) is 62.5 Å². The minimum absolute atomic E-state index is 0.225. The fourth-order valence-electron chi connectivity index (χ4n) is 3.16. The predicted octanol–water partition coefficient (Wildman–Crippen LogP) is 3.17. The van der Waals surface area contributed by atoms with Crippen molar-refractivity contribution >= 4 is 5.96 Å². The molecule has 6 nitrogen and oxygen atoms in total. The summed E-state index contributed by atoms with van der Waals surface area (Å²) in [5.41, 5.74) is 10.7. The van der Waals surface area contributed by atoms with Crippen LogP contribution in [0.3, 0.4) is 0 Å². The third kappa shape index (κ3) is 5.94. The van der Waals surface area contributed by atoms with E-state index in [1.807, 2.05) is 24.5 Å². The van der Waals surface area contributed by atoms with Crippen molar-refractivity contribution in [3.05, 3.63) is 83.7 Å². The van der Waals surface area contributed by atoms with Crippen LogP contribution in [0.2, 0.25) is 0 Å². The number of guanidine groups is 1. The van der Waals surface area contributed by atoms with Gasteiger partial charge in [-0.1, -0.05) is 35.9 Å². The number of hydrogen-bond donors (Lipinski definition) is 3. The molecular weight excluding hydrogens is 348 g/mol. The lowest BCUT2D eigenvalue weighted by molar-refractivity contribution is 0.672. The summed E-state index contributed by atoms with van der Waals surface area (Å²) < 4.78 is 0. The number of nitrogens with zero attached hydrogens (tertiary/aromatic N) is 3. The quantitative estimate of drug-likeness (QED) is 0.304. The van der Waals surface area contributed by atoms with E-state index in [0.717, 1.165) is 37.2 Å². The molecule has 2 heterocycles. The minimum Gasteiger partial charge on any atom is -0.370 e. The normalized spacial score (nSPS) is 12.7. The van der Waals surface area contributed by atoms with Gasteiger partial charge in [-0.15, -0.1) is 0 Å². The van der Waals surface area contributed by atoms with Gasteiger partial charge in [0, 0.05) is 42.8 Å². The number of imidazole rings is 1. The molecule has 3 aromatic rings. The molecule has 4 N–H and O–H groups in total. The average Bonchev–Trinajstić information content (AvgIpc) is 3.24. The van der Waals surface area contributed by atoms with Crippen molar-refractivity contribution in [3.8, 4) is 0 Å². The number of nitrogens with two attached hydrogens (primary N) is 1. The van der Waals surface area contributed by atoms with Gasteiger partial charge in [0.25, 0.3) is 0 Å². The van der Waals surface area contributed by atoms with Crippen molar-refractivity contribution in [1.29, 1.82) is 0 Å². The first-order valence-electron chi connectivity index (χ1n) is 9.71. The van der Waals surface area contributed by atoms with Crippen molar-refractivity contribution in [2.75, 3.05) is 13.1 Å². The lowest BCUT2D eigenvalue weighted by Crippen LogP contribution is -2.33. The van der Waals surface area contributed by atoms with Crippen LogP contribution >= 0.6 is 0 Å². The Morgan fingerprint density at radius 3 is 2.79 bits per heavy atom. The molecule has 1 atom stereocenters. The number of aryl methyl sites for hydroxylation is 2. The number of pyridine rings is 1. The van der Waals surface area contributed by atoms with Crippen LogP contribution in [0.1, 0.15) is 41.3 Å². The van der Waals surface area contributed by atoms with Gasteiger partial charge in [0.2, 0.25) is 0 Å². The Morgan fingerprint density at radius 2 is 2.07 bits per heavy atom. The number of aliphatic imine (C=N–C) groups is 1. The number of H-pyrrole nitrogens is 1. The molecule has 1 aromatic carbocycles. The Hall–Kier alpha value is -3.15. The van der Waals surface area contributed by atoms with E-state index in [9.17, 15) is 0 Å². The predicted molar refractivity (Wildman–Crippen MR) is 113 cm³/mol. The maximum absolute atomic E-state index is 6.02. The minimum atomic E-state index is 0.225. The second kappa shape index (κ2) is 10.3. The van der Waals surface area contributed by atoms with E-state index >= 15 is 0 Å². The highest BCUT2D eigenvalue weighted by molar-refractivity contribution is 5.77. The molecule has 6 heteroatoms. The van der Waals surface area contributed by atoms with Crippen molar-refractivity contribution in [1.82, 2.24) is 20.3 Å². The number of rotatable bonds is 9. The van der Waals surface area contributed by atoms with Crippen LogP contribution in [0.4, 0.5) is 0 Å². The van der Waals surface area contributed by atoms with Crippen molar-refractivity contribution in [2.45, 2.75) is 32.1 Å². The van der Waals surface area contributed by atoms with Crippen LogP contribution in [0.25, 0.3) is 0 Å². The zero-order valence-electron chi connectivity index (χ0n) is 16.3. The van der Waals surface area contributed by atoms with Gasteiger partial charge in [0.15, 0.2) is 5.96 Å². The molecule has 0 saturated heterocycles. The van der Waals surface area contributed by atoms with Gasteiger partial charge in [0.05, 0.1) is 6.33 Å². The highest BCUT2D eigenvalue weighted by Crippen LogP contribution is 2.26. The van der Waals surface area contributed by atoms with Crippen molar-refractivity contribution < 1.29 is 0 Å². The fraction of sp³-hybridized carbons (Fsp3) is 0.318. The summed E-state index contributed by atoms with van der Waals surface area (Å²) in [6.45, 7) is 3.54. The summed E-state index contributed by atoms with van der Waals surface area (Å²) in [5.74, 6) is 0.718. The highest BCUT2D eigenvalue weighted by Gasteiger charge is 2.15. The molecule has 0 aliphatic heterocycles. The van der Waals surface area contributed by atoms with E-state index in [1.165, 1.54) is 11.1 Å². The molecule has 0 spiro atoms. The van der Waals surface area contributed by atoms with Gasteiger partial charge >= 0.3 is 0 Å². The summed E-state index contributed by atoms with van der Waals surface area (Å²) in [4.78, 5) is 16.1. The number of benzene rings is 1. The SMILES string of the molecule is Cc1ccc(C(CCNC(N)=NCCCc2cnc[nH]2)c2ccccn2)cc1. The van der Waals surface area contributed by atoms with Crippen LogP contribution in [0.15, 0.2) is 66.2 Å². The summed E-state index contributed by atoms with van der Waals surface area (Å²) in [6.07, 6.45) is 8.13. The molecule has 0 saturated carbocycles. The number of aromatic nitrogens is 3. The second-order valence-electron chi connectivity index (χ2n) is 6.88. The molecule has 0 aliphatic carbocycles. The Kier molecular flexibility index (Phi) is 7.18. The molecule has 2 aromatic heterocycles. The van der Waals surface area contributed by atoms with Gasteiger partial charge in [-0.25, -0.2) is 4.98 Å². The van der Waals surface area contributed by atoms with E-state index < -0.39 is 0 Å². The largest absolute Gasteiger partial charge is 0.370 e. The Balaban J connectivity index is 1.51. The number of hydrogen-bond acceptors (Lipinski definition) is 3. The molecule has 0 aliphatic rings. The maximum atomic E-state index is 6.02. The lowest BCUT2D eigenvalue weighted by atomic mass is 9.91. The molecule has 0 amide bonds. The summed E-state index contributed by atoms with van der Waals surface area (Å²) >= 11 is 0. The van der Waals surface area contributed by atoms with Crippen LogP contribution in [0, 0.1) is 6.92 Å². The van der Waals surface area contributed by atoms with Gasteiger partial charge in [0.1, 0.15) is 0 Å². The Morgan fingerprint density at radius 1 is 1.21 bits per heavy atom. The summed E-state index contributed by atoms with van der Waals surface area (Å²) in [7, 11) is 0. The van der Waals surface area contributed by atoms with E-state index in [0.29, 0.717) is 12.5 Å². The van der Waals surface area contributed by atoms with E-state index in [4.69, 9.17) is 5.73 Å². The van der Waals surface area contributed by atoms with Crippen LogP contribution < -0.4 is 11.1 Å². The van der Waals surface area contributed by atoms with Gasteiger partial charge in [-0.05, 0) is 43.9 Å². The lowest BCUT2D eigenvalue weighted by Gasteiger charge is -2.18. The topological polar surface area (TPSA) is 92.0 Å². The zero-order valence-corrected chi connectivity index (χ0v) is 16.3. The molecule has 0 bridgehead atoms. The molecule has 0 fully saturated rings. The van der Waals surface area contributed by atoms with Gasteiger partial charge in [-0.3, -0.25) is 9.98 Å². The molecule has 3 rings (SSSR count). The number of aromatic amines is 1. The van der Waals surface area contributed by atoms with E-state index in [1.54, 1.807) is 6.33 Å². The third-order valence-electron chi connectivity index (χ3n) is 4.70. The number of nitrogens with one attached hydrogen (secondary N) is 2. The smallest absolute Gasteiger partial charge is 0.188 e. The molecule has 0 radical (unpaired) electrons. The van der Waals surface area contributed by atoms with Crippen LogP contribution in [0.5, 0.6) is 0 Å². The molecule has 146 valence electrons. The van der Waals surface area contributed by atoms with Crippen LogP contribution in [-0.4, -0.2) is 34.0 Å². The summed E-state index contributed by atoms with van der Waals surface area (Å²) in [6, 6.07) is 14.7. The standard InChI is InChI=1S/C22H28N6/c1-17-7-9-18(10-8-17)20(21-6-2-3-12-25-21)11-14-27-22(23)26-13-4-5-19-15-24-16-28-19/h2-3,6-10,12,15-16,20H,4-5,11,13-14H2,1H3,(H,24,28)(H3,23,26,27). The van der Waals surface area contributed by atoms with Crippen molar-refractivity contribution in [3.63, 3.8) is 0 Å². The molecule has 1 unspecified atom stereocenters. The summed E-state index contributed by atoms with van der Waals surface area (Å²) in [5, 5.41) is 3.24. The van der Waals surface area contributed by atoms with Crippen LogP contribution in [-0.2, 0) is 6.42 Å². The second-order valence-corrected chi connectivity index (χ2v) is 6.88. The first-order chi connectivity index (χ1) is 13.7. The first-order valence-corrected chi connectivity index (χ1v) is 9.71. The first kappa shape index (κ1) is 19.6. The fourth-order valence-corrected chi connectivity index (χ4v) is 3.16. The zero-order chi connectivity index (χ0) is 19.6. The van der Waals surface area contributed by atoms with E-state index in [-0.39, 0.29) is 5.92 Å².